The van der Waals surface area contributed by atoms with Gasteiger partial charge in [0.25, 0.3) is 0 Å². The summed E-state index contributed by atoms with van der Waals surface area (Å²) in [6.45, 7) is 7.38. The summed E-state index contributed by atoms with van der Waals surface area (Å²) in [5.74, 6) is 0. The molecule has 4 heteroatoms. The highest BCUT2D eigenvalue weighted by atomic mass is 35.5. The van der Waals surface area contributed by atoms with Crippen LogP contribution in [0.15, 0.2) is 47.6 Å². The highest BCUT2D eigenvalue weighted by molar-refractivity contribution is 8.00. The Morgan fingerprint density at radius 2 is 1.95 bits per heavy atom. The van der Waals surface area contributed by atoms with Gasteiger partial charge >= 0.3 is 0 Å². The van der Waals surface area contributed by atoms with E-state index < -0.39 is 0 Å². The van der Waals surface area contributed by atoms with Gasteiger partial charge in [0.05, 0.1) is 5.02 Å². The zero-order chi connectivity index (χ0) is 15.2. The number of aromatic nitrogens is 1. The van der Waals surface area contributed by atoms with E-state index in [4.69, 9.17) is 11.6 Å². The molecule has 0 saturated heterocycles. The average molecular weight is 321 g/mol. The van der Waals surface area contributed by atoms with E-state index in [9.17, 15) is 0 Å². The van der Waals surface area contributed by atoms with Crippen LogP contribution < -0.4 is 5.32 Å². The lowest BCUT2D eigenvalue weighted by Gasteiger charge is -2.25. The number of nitrogens with one attached hydrogen (secondary N) is 1. The van der Waals surface area contributed by atoms with Crippen LogP contribution in [0.3, 0.4) is 0 Å². The number of thioether (sulfide) groups is 1. The van der Waals surface area contributed by atoms with Crippen molar-refractivity contribution < 1.29 is 0 Å². The molecule has 1 heterocycles. The fourth-order valence-corrected chi connectivity index (χ4v) is 3.55. The quantitative estimate of drug-likeness (QED) is 0.768. The van der Waals surface area contributed by atoms with Crippen molar-refractivity contribution in [3.05, 3.63) is 58.7 Å². The summed E-state index contributed by atoms with van der Waals surface area (Å²) in [6.07, 6.45) is 1.79. The second kappa shape index (κ2) is 7.83. The molecule has 2 aromatic rings. The molecule has 0 spiro atoms. The lowest BCUT2D eigenvalue weighted by Crippen LogP contribution is -2.28. The van der Waals surface area contributed by atoms with Gasteiger partial charge < -0.3 is 5.32 Å². The molecule has 0 amide bonds. The number of benzene rings is 1. The van der Waals surface area contributed by atoms with Crippen molar-refractivity contribution >= 4 is 23.4 Å². The summed E-state index contributed by atoms with van der Waals surface area (Å²) in [5, 5.41) is 5.51. The van der Waals surface area contributed by atoms with E-state index in [-0.39, 0.29) is 6.04 Å². The summed E-state index contributed by atoms with van der Waals surface area (Å²) in [6, 6.07) is 12.7. The summed E-state index contributed by atoms with van der Waals surface area (Å²) in [4.78, 5) is 4.37. The van der Waals surface area contributed by atoms with Crippen LogP contribution in [0, 0.1) is 6.92 Å². The average Bonchev–Trinajstić information content (AvgIpc) is 2.48. The predicted octanol–water partition coefficient (Wildman–Crippen LogP) is 4.87. The molecule has 0 fully saturated rings. The largest absolute Gasteiger partial charge is 0.309 e. The smallest absolute Gasteiger partial charge is 0.115 e. The van der Waals surface area contributed by atoms with Crippen LogP contribution in [-0.2, 0) is 0 Å². The fourth-order valence-electron chi connectivity index (χ4n) is 2.25. The first kappa shape index (κ1) is 16.3. The van der Waals surface area contributed by atoms with Crippen molar-refractivity contribution in [1.82, 2.24) is 10.3 Å². The number of hydrogen-bond donors (Lipinski definition) is 1. The molecule has 2 rings (SSSR count). The molecule has 1 N–H and O–H groups in total. The van der Waals surface area contributed by atoms with Crippen LogP contribution in [-0.4, -0.2) is 16.8 Å². The van der Waals surface area contributed by atoms with E-state index in [0.717, 1.165) is 11.6 Å². The standard InChI is InChI=1S/C17H21ClN2S/c1-4-19-16(14-9-7-12(2)8-10-14)13(3)21-17-15(18)6-5-11-20-17/h5-11,13,16,19H,4H2,1-3H3. The molecule has 1 aromatic heterocycles. The van der Waals surface area contributed by atoms with Gasteiger partial charge in [-0.2, -0.15) is 0 Å². The first-order chi connectivity index (χ1) is 10.1. The molecule has 0 aliphatic carbocycles. The van der Waals surface area contributed by atoms with Crippen LogP contribution in [0.1, 0.15) is 31.0 Å². The third-order valence-electron chi connectivity index (χ3n) is 3.35. The minimum Gasteiger partial charge on any atom is -0.309 e. The number of nitrogens with zero attached hydrogens (tertiary/aromatic N) is 1. The van der Waals surface area contributed by atoms with Crippen molar-refractivity contribution in [3.8, 4) is 0 Å². The number of pyridine rings is 1. The fraction of sp³-hybridized carbons (Fsp3) is 0.353. The van der Waals surface area contributed by atoms with Crippen LogP contribution >= 0.6 is 23.4 Å². The Bertz CT molecular complexity index is 571. The molecule has 0 aliphatic heterocycles. The van der Waals surface area contributed by atoms with Crippen LogP contribution in [0.25, 0.3) is 0 Å². The number of rotatable bonds is 6. The van der Waals surface area contributed by atoms with E-state index in [1.807, 2.05) is 12.1 Å². The minimum absolute atomic E-state index is 0.277. The van der Waals surface area contributed by atoms with E-state index in [0.29, 0.717) is 10.3 Å². The zero-order valence-corrected chi connectivity index (χ0v) is 14.2. The highest BCUT2D eigenvalue weighted by Crippen LogP contribution is 2.34. The molecule has 21 heavy (non-hydrogen) atoms. The van der Waals surface area contributed by atoms with Crippen molar-refractivity contribution in [1.29, 1.82) is 0 Å². The number of aryl methyl sites for hydroxylation is 1. The Balaban J connectivity index is 2.17. The molecular weight excluding hydrogens is 300 g/mol. The van der Waals surface area contributed by atoms with Gasteiger partial charge in [-0.25, -0.2) is 4.98 Å². The maximum absolute atomic E-state index is 6.21. The second-order valence-corrected chi connectivity index (χ2v) is 6.83. The Morgan fingerprint density at radius 3 is 2.57 bits per heavy atom. The van der Waals surface area contributed by atoms with Crippen LogP contribution in [0.2, 0.25) is 5.02 Å². The Morgan fingerprint density at radius 1 is 1.24 bits per heavy atom. The molecule has 1 aromatic carbocycles. The van der Waals surface area contributed by atoms with Crippen LogP contribution in [0.5, 0.6) is 0 Å². The van der Waals surface area contributed by atoms with Gasteiger partial charge in [-0.3, -0.25) is 0 Å². The van der Waals surface area contributed by atoms with Gasteiger partial charge in [0.15, 0.2) is 0 Å². The normalized spacial score (nSPS) is 13.9. The van der Waals surface area contributed by atoms with Gasteiger partial charge in [0, 0.05) is 17.5 Å². The highest BCUT2D eigenvalue weighted by Gasteiger charge is 2.20. The maximum Gasteiger partial charge on any atom is 0.115 e. The van der Waals surface area contributed by atoms with Crippen molar-refractivity contribution in [2.45, 2.75) is 37.1 Å². The third-order valence-corrected chi connectivity index (χ3v) is 4.96. The lowest BCUT2D eigenvalue weighted by molar-refractivity contribution is 0.547. The summed E-state index contributed by atoms with van der Waals surface area (Å²) < 4.78 is 0. The Kier molecular flexibility index (Phi) is 6.09. The molecule has 0 aliphatic rings. The van der Waals surface area contributed by atoms with Crippen molar-refractivity contribution in [2.75, 3.05) is 6.54 Å². The van der Waals surface area contributed by atoms with Crippen molar-refractivity contribution in [3.63, 3.8) is 0 Å². The number of halogens is 1. The predicted molar refractivity (Wildman–Crippen MR) is 92.2 cm³/mol. The SMILES string of the molecule is CCNC(c1ccc(C)cc1)C(C)Sc1ncccc1Cl. The molecular formula is C17H21ClN2S. The summed E-state index contributed by atoms with van der Waals surface area (Å²) >= 11 is 7.92. The zero-order valence-electron chi connectivity index (χ0n) is 12.6. The molecule has 0 bridgehead atoms. The summed E-state index contributed by atoms with van der Waals surface area (Å²) in [5.41, 5.74) is 2.58. The van der Waals surface area contributed by atoms with E-state index >= 15 is 0 Å². The van der Waals surface area contributed by atoms with Gasteiger partial charge in [-0.05, 0) is 31.2 Å². The lowest BCUT2D eigenvalue weighted by atomic mass is 10.0. The number of hydrogen-bond acceptors (Lipinski definition) is 3. The van der Waals surface area contributed by atoms with Crippen molar-refractivity contribution in [2.24, 2.45) is 0 Å². The first-order valence-corrected chi connectivity index (χ1v) is 8.44. The van der Waals surface area contributed by atoms with Crippen LogP contribution in [0.4, 0.5) is 0 Å². The third kappa shape index (κ3) is 4.47. The molecule has 2 nitrogen and oxygen atoms in total. The Hall–Kier alpha value is -1.03. The molecule has 0 saturated carbocycles. The first-order valence-electron chi connectivity index (χ1n) is 7.19. The van der Waals surface area contributed by atoms with Gasteiger partial charge in [0.1, 0.15) is 5.03 Å². The molecule has 2 unspecified atom stereocenters. The van der Waals surface area contributed by atoms with E-state index in [2.05, 4.69) is 55.3 Å². The molecule has 112 valence electrons. The van der Waals surface area contributed by atoms with Gasteiger partial charge in [0.2, 0.25) is 0 Å². The second-order valence-electron chi connectivity index (χ2n) is 5.06. The van der Waals surface area contributed by atoms with Gasteiger partial charge in [-0.15, -0.1) is 0 Å². The minimum atomic E-state index is 0.277. The van der Waals surface area contributed by atoms with E-state index in [1.165, 1.54) is 11.1 Å². The van der Waals surface area contributed by atoms with Gasteiger partial charge in [-0.1, -0.05) is 67.0 Å². The topological polar surface area (TPSA) is 24.9 Å². The molecule has 2 atom stereocenters. The Labute approximate surface area is 136 Å². The monoisotopic (exact) mass is 320 g/mol. The maximum atomic E-state index is 6.21. The molecule has 0 radical (unpaired) electrons. The summed E-state index contributed by atoms with van der Waals surface area (Å²) in [7, 11) is 0. The van der Waals surface area contributed by atoms with E-state index in [1.54, 1.807) is 18.0 Å².